The first-order valence-electron chi connectivity index (χ1n) is 9.02. The van der Waals surface area contributed by atoms with Crippen LogP contribution in [0.2, 0.25) is 0 Å². The van der Waals surface area contributed by atoms with Crippen LogP contribution in [0.3, 0.4) is 0 Å². The highest BCUT2D eigenvalue weighted by Crippen LogP contribution is 2.40. The van der Waals surface area contributed by atoms with Crippen molar-refractivity contribution in [3.63, 3.8) is 0 Å². The Morgan fingerprint density at radius 3 is 2.48 bits per heavy atom. The lowest BCUT2D eigenvalue weighted by atomic mass is 9.76. The number of ether oxygens (including phenoxy) is 2. The third kappa shape index (κ3) is 4.58. The molecule has 2 rings (SSSR count). The maximum Gasteiger partial charge on any atom is 0.0836 e. The fraction of sp³-hybridized carbons (Fsp3) is 0.714. The highest BCUT2D eigenvalue weighted by molar-refractivity contribution is 5.15. The van der Waals surface area contributed by atoms with Gasteiger partial charge < -0.3 is 9.47 Å². The fourth-order valence-corrected chi connectivity index (χ4v) is 3.77. The van der Waals surface area contributed by atoms with Gasteiger partial charge in [-0.1, -0.05) is 53.0 Å². The van der Waals surface area contributed by atoms with E-state index in [1.165, 1.54) is 11.1 Å². The summed E-state index contributed by atoms with van der Waals surface area (Å²) in [6, 6.07) is 0. The van der Waals surface area contributed by atoms with Gasteiger partial charge in [0.1, 0.15) is 0 Å². The molecule has 2 fully saturated rings. The van der Waals surface area contributed by atoms with Gasteiger partial charge in [-0.25, -0.2) is 0 Å². The predicted octanol–water partition coefficient (Wildman–Crippen LogP) is 5.45. The first-order valence-corrected chi connectivity index (χ1v) is 9.02. The minimum absolute atomic E-state index is 0.106. The average Bonchev–Trinajstić information content (AvgIpc) is 2.79. The zero-order valence-corrected chi connectivity index (χ0v) is 15.6. The number of allylic oxidation sites excluding steroid dienone is 1. The Labute approximate surface area is 142 Å². The van der Waals surface area contributed by atoms with Gasteiger partial charge in [-0.05, 0) is 48.7 Å². The lowest BCUT2D eigenvalue weighted by molar-refractivity contribution is -0.0853. The van der Waals surface area contributed by atoms with E-state index in [0.717, 1.165) is 25.7 Å². The van der Waals surface area contributed by atoms with Gasteiger partial charge in [-0.3, -0.25) is 0 Å². The van der Waals surface area contributed by atoms with Crippen LogP contribution in [0.5, 0.6) is 0 Å². The fourth-order valence-electron chi connectivity index (χ4n) is 3.77. The molecule has 0 aromatic carbocycles. The van der Waals surface area contributed by atoms with Gasteiger partial charge >= 0.3 is 0 Å². The zero-order chi connectivity index (χ0) is 17.2. The van der Waals surface area contributed by atoms with E-state index < -0.39 is 0 Å². The number of rotatable bonds is 4. The molecule has 5 atom stereocenters. The second-order valence-electron chi connectivity index (χ2n) is 8.34. The van der Waals surface area contributed by atoms with E-state index >= 15 is 0 Å². The summed E-state index contributed by atoms with van der Waals surface area (Å²) >= 11 is 0. The molecule has 0 radical (unpaired) electrons. The molecule has 0 bridgehead atoms. The van der Waals surface area contributed by atoms with Crippen LogP contribution in [0.1, 0.15) is 60.3 Å². The Bertz CT molecular complexity index is 469. The van der Waals surface area contributed by atoms with Crippen molar-refractivity contribution < 1.29 is 9.47 Å². The van der Waals surface area contributed by atoms with Gasteiger partial charge in [0.15, 0.2) is 0 Å². The molecule has 2 nitrogen and oxygen atoms in total. The molecule has 0 aromatic heterocycles. The molecular weight excluding hydrogens is 284 g/mol. The molecule has 130 valence electrons. The van der Waals surface area contributed by atoms with Crippen LogP contribution < -0.4 is 0 Å². The van der Waals surface area contributed by atoms with Crippen molar-refractivity contribution in [2.75, 3.05) is 0 Å². The van der Waals surface area contributed by atoms with Gasteiger partial charge in [-0.15, -0.1) is 0 Å². The first-order chi connectivity index (χ1) is 10.7. The molecule has 0 spiro atoms. The summed E-state index contributed by atoms with van der Waals surface area (Å²) in [5, 5.41) is 0. The van der Waals surface area contributed by atoms with E-state index in [2.05, 4.69) is 53.0 Å². The van der Waals surface area contributed by atoms with Crippen LogP contribution in [0.25, 0.3) is 0 Å². The Morgan fingerprint density at radius 2 is 1.87 bits per heavy atom. The lowest BCUT2D eigenvalue weighted by Gasteiger charge is -2.42. The van der Waals surface area contributed by atoms with E-state index in [0.29, 0.717) is 12.0 Å². The minimum atomic E-state index is 0.106. The molecule has 0 unspecified atom stereocenters. The van der Waals surface area contributed by atoms with Crippen molar-refractivity contribution >= 4 is 0 Å². The van der Waals surface area contributed by atoms with Crippen molar-refractivity contribution in [1.82, 2.24) is 0 Å². The first kappa shape index (κ1) is 18.5. The predicted molar refractivity (Wildman–Crippen MR) is 97.5 cm³/mol. The SMILES string of the molecule is C=C1C[C@H](C=CC)O[C@H]1CC[C@H]1C[C@@H](C)C(=C)[C@@H](C(C)(C)C)O1. The molecule has 2 heterocycles. The van der Waals surface area contributed by atoms with Gasteiger partial charge in [0, 0.05) is 6.42 Å². The van der Waals surface area contributed by atoms with Gasteiger partial charge in [-0.2, -0.15) is 0 Å². The van der Waals surface area contributed by atoms with Crippen LogP contribution in [0, 0.1) is 11.3 Å². The van der Waals surface area contributed by atoms with Crippen LogP contribution in [0.15, 0.2) is 36.5 Å². The van der Waals surface area contributed by atoms with Crippen LogP contribution >= 0.6 is 0 Å². The molecular formula is C21H34O2. The smallest absolute Gasteiger partial charge is 0.0836 e. The third-order valence-electron chi connectivity index (χ3n) is 5.12. The highest BCUT2D eigenvalue weighted by Gasteiger charge is 2.38. The van der Waals surface area contributed by atoms with E-state index in [1.54, 1.807) is 0 Å². The van der Waals surface area contributed by atoms with Crippen molar-refractivity contribution in [2.45, 2.75) is 84.7 Å². The normalized spacial score (nSPS) is 36.1. The summed E-state index contributed by atoms with van der Waals surface area (Å²) in [5.74, 6) is 0.529. The van der Waals surface area contributed by atoms with Crippen molar-refractivity contribution in [1.29, 1.82) is 0 Å². The van der Waals surface area contributed by atoms with Crippen molar-refractivity contribution in [3.8, 4) is 0 Å². The van der Waals surface area contributed by atoms with Crippen LogP contribution in [-0.4, -0.2) is 24.4 Å². The summed E-state index contributed by atoms with van der Waals surface area (Å²) < 4.78 is 12.5. The quantitative estimate of drug-likeness (QED) is 0.641. The Balaban J connectivity index is 1.91. The lowest BCUT2D eigenvalue weighted by Crippen LogP contribution is -2.41. The number of hydrogen-bond donors (Lipinski definition) is 0. The summed E-state index contributed by atoms with van der Waals surface area (Å²) in [6.45, 7) is 19.5. The third-order valence-corrected chi connectivity index (χ3v) is 5.12. The Morgan fingerprint density at radius 1 is 1.17 bits per heavy atom. The molecule has 0 saturated carbocycles. The molecule has 0 amide bonds. The molecule has 2 aliphatic heterocycles. The zero-order valence-electron chi connectivity index (χ0n) is 15.6. The molecule has 0 aromatic rings. The largest absolute Gasteiger partial charge is 0.370 e. The molecule has 23 heavy (non-hydrogen) atoms. The molecule has 2 saturated heterocycles. The topological polar surface area (TPSA) is 18.5 Å². The van der Waals surface area contributed by atoms with Crippen molar-refractivity contribution in [3.05, 3.63) is 36.5 Å². The maximum atomic E-state index is 6.40. The average molecular weight is 319 g/mol. The van der Waals surface area contributed by atoms with Crippen molar-refractivity contribution in [2.24, 2.45) is 11.3 Å². The van der Waals surface area contributed by atoms with Gasteiger partial charge in [0.25, 0.3) is 0 Å². The summed E-state index contributed by atoms with van der Waals surface area (Å²) in [7, 11) is 0. The second kappa shape index (κ2) is 7.36. The minimum Gasteiger partial charge on any atom is -0.370 e. The molecule has 0 aliphatic carbocycles. The van der Waals surface area contributed by atoms with Gasteiger partial charge in [0.2, 0.25) is 0 Å². The summed E-state index contributed by atoms with van der Waals surface area (Å²) in [6.07, 6.45) is 9.12. The molecule has 0 N–H and O–H groups in total. The summed E-state index contributed by atoms with van der Waals surface area (Å²) in [4.78, 5) is 0. The number of hydrogen-bond acceptors (Lipinski definition) is 2. The standard InChI is InChI=1S/C21H34O2/c1-8-9-17-13-15(3)19(22-17)11-10-18-12-14(2)16(4)20(23-18)21(5,6)7/h8-9,14,17-20H,3-4,10-13H2,1-2,5-7H3/t14-,17+,18+,19+,20+/m1/s1. The van der Waals surface area contributed by atoms with E-state index in [-0.39, 0.29) is 23.7 Å². The van der Waals surface area contributed by atoms with Crippen LogP contribution in [0.4, 0.5) is 0 Å². The van der Waals surface area contributed by atoms with E-state index in [9.17, 15) is 0 Å². The monoisotopic (exact) mass is 318 g/mol. The highest BCUT2D eigenvalue weighted by atomic mass is 16.5. The Hall–Kier alpha value is -0.860. The second-order valence-corrected chi connectivity index (χ2v) is 8.34. The van der Waals surface area contributed by atoms with E-state index in [1.807, 2.05) is 6.92 Å². The van der Waals surface area contributed by atoms with Gasteiger partial charge in [0.05, 0.1) is 24.4 Å². The Kier molecular flexibility index (Phi) is 5.91. The van der Waals surface area contributed by atoms with Crippen LogP contribution in [-0.2, 0) is 9.47 Å². The molecule has 2 aliphatic rings. The van der Waals surface area contributed by atoms with E-state index in [4.69, 9.17) is 9.47 Å². The maximum absolute atomic E-state index is 6.40. The summed E-state index contributed by atoms with van der Waals surface area (Å²) in [5.41, 5.74) is 2.59. The molecule has 2 heteroatoms.